The minimum Gasteiger partial charge on any atom is -0.258 e. The molecule has 0 aliphatic heterocycles. The summed E-state index contributed by atoms with van der Waals surface area (Å²) in [5.41, 5.74) is -1.58. The molecule has 0 saturated carbocycles. The molecule has 0 saturated heterocycles. The Morgan fingerprint density at radius 3 is 2.33 bits per heavy atom. The molecule has 6 heteroatoms. The maximum absolute atomic E-state index is 12.3. The zero-order valence-electron chi connectivity index (χ0n) is 7.41. The van der Waals surface area contributed by atoms with Gasteiger partial charge in [-0.05, 0) is 11.6 Å². The molecule has 0 spiro atoms. The number of halogens is 3. The van der Waals surface area contributed by atoms with Crippen molar-refractivity contribution in [3.05, 3.63) is 46.0 Å². The first-order valence-corrected chi connectivity index (χ1v) is 3.83. The van der Waals surface area contributed by atoms with E-state index in [4.69, 9.17) is 0 Å². The van der Waals surface area contributed by atoms with Crippen LogP contribution < -0.4 is 0 Å². The van der Waals surface area contributed by atoms with Crippen LogP contribution in [0.25, 0.3) is 6.08 Å². The largest absolute Gasteiger partial charge is 0.416 e. The predicted molar refractivity (Wildman–Crippen MR) is 48.2 cm³/mol. The lowest BCUT2D eigenvalue weighted by Gasteiger charge is -2.07. The SMILES string of the molecule is C=Cc1cc([N+](=O)[O-])cc(C(F)(F)F)c1. The number of nitro benzene ring substituents is 1. The van der Waals surface area contributed by atoms with Gasteiger partial charge in [0.25, 0.3) is 5.69 Å². The fourth-order valence-corrected chi connectivity index (χ4v) is 1.02. The van der Waals surface area contributed by atoms with Crippen LogP contribution in [0.4, 0.5) is 18.9 Å². The Hall–Kier alpha value is -1.85. The number of benzene rings is 1. The van der Waals surface area contributed by atoms with Gasteiger partial charge in [0.15, 0.2) is 0 Å². The van der Waals surface area contributed by atoms with Gasteiger partial charge in [-0.3, -0.25) is 10.1 Å². The second-order valence-electron chi connectivity index (χ2n) is 2.77. The van der Waals surface area contributed by atoms with Crippen LogP contribution in [0.3, 0.4) is 0 Å². The molecular formula is C9H6F3NO2. The fourth-order valence-electron chi connectivity index (χ4n) is 1.02. The second-order valence-corrected chi connectivity index (χ2v) is 2.77. The third kappa shape index (κ3) is 2.55. The van der Waals surface area contributed by atoms with E-state index >= 15 is 0 Å². The molecule has 0 aromatic heterocycles. The summed E-state index contributed by atoms with van der Waals surface area (Å²) in [6.45, 7) is 3.26. The van der Waals surface area contributed by atoms with E-state index in [1.54, 1.807) is 0 Å². The molecular weight excluding hydrogens is 211 g/mol. The van der Waals surface area contributed by atoms with Crippen LogP contribution in [0.2, 0.25) is 0 Å². The first kappa shape index (κ1) is 11.2. The van der Waals surface area contributed by atoms with Gasteiger partial charge in [-0.1, -0.05) is 12.7 Å². The van der Waals surface area contributed by atoms with Gasteiger partial charge in [0.2, 0.25) is 0 Å². The normalized spacial score (nSPS) is 11.1. The smallest absolute Gasteiger partial charge is 0.258 e. The molecule has 1 rings (SSSR count). The molecule has 0 heterocycles. The molecule has 0 aliphatic carbocycles. The van der Waals surface area contributed by atoms with Crippen molar-refractivity contribution in [1.82, 2.24) is 0 Å². The van der Waals surface area contributed by atoms with Gasteiger partial charge in [-0.15, -0.1) is 0 Å². The zero-order chi connectivity index (χ0) is 11.6. The van der Waals surface area contributed by atoms with E-state index in [2.05, 4.69) is 6.58 Å². The van der Waals surface area contributed by atoms with Gasteiger partial charge in [-0.2, -0.15) is 13.2 Å². The molecule has 0 unspecified atom stereocenters. The molecule has 0 amide bonds. The number of hydrogen-bond acceptors (Lipinski definition) is 2. The van der Waals surface area contributed by atoms with E-state index < -0.39 is 22.4 Å². The molecule has 0 aliphatic rings. The first-order valence-electron chi connectivity index (χ1n) is 3.83. The Morgan fingerprint density at radius 2 is 1.93 bits per heavy atom. The lowest BCUT2D eigenvalue weighted by atomic mass is 10.1. The summed E-state index contributed by atoms with van der Waals surface area (Å²) in [4.78, 5) is 9.48. The van der Waals surface area contributed by atoms with Crippen LogP contribution in [0.1, 0.15) is 11.1 Å². The second kappa shape index (κ2) is 3.72. The van der Waals surface area contributed by atoms with Gasteiger partial charge in [0.1, 0.15) is 0 Å². The quantitative estimate of drug-likeness (QED) is 0.563. The van der Waals surface area contributed by atoms with Crippen LogP contribution in [-0.2, 0) is 6.18 Å². The highest BCUT2D eigenvalue weighted by Crippen LogP contribution is 2.32. The van der Waals surface area contributed by atoms with Crippen molar-refractivity contribution in [2.45, 2.75) is 6.18 Å². The standard InChI is InChI=1S/C9H6F3NO2/c1-2-6-3-7(9(10,11)12)5-8(4-6)13(14)15/h2-5H,1H2. The number of nitro groups is 1. The van der Waals surface area contributed by atoms with Gasteiger partial charge < -0.3 is 0 Å². The average molecular weight is 217 g/mol. The summed E-state index contributed by atoms with van der Waals surface area (Å²) in [6, 6.07) is 2.33. The minimum absolute atomic E-state index is 0.0662. The number of nitrogens with zero attached hydrogens (tertiary/aromatic N) is 1. The van der Waals surface area contributed by atoms with Crippen molar-refractivity contribution in [2.24, 2.45) is 0 Å². The Bertz CT molecular complexity index is 412. The summed E-state index contributed by atoms with van der Waals surface area (Å²) < 4.78 is 36.9. The lowest BCUT2D eigenvalue weighted by molar-refractivity contribution is -0.385. The van der Waals surface area contributed by atoms with Crippen molar-refractivity contribution in [2.75, 3.05) is 0 Å². The van der Waals surface area contributed by atoms with Crippen LogP contribution in [0.5, 0.6) is 0 Å². The molecule has 0 radical (unpaired) electrons. The first-order chi connectivity index (χ1) is 6.84. The predicted octanol–water partition coefficient (Wildman–Crippen LogP) is 3.26. The summed E-state index contributed by atoms with van der Waals surface area (Å²) in [7, 11) is 0. The summed E-state index contributed by atoms with van der Waals surface area (Å²) in [5, 5.41) is 10.4. The van der Waals surface area contributed by atoms with Gasteiger partial charge in [0.05, 0.1) is 10.5 Å². The van der Waals surface area contributed by atoms with Crippen molar-refractivity contribution in [1.29, 1.82) is 0 Å². The highest BCUT2D eigenvalue weighted by Gasteiger charge is 2.32. The van der Waals surface area contributed by atoms with Crippen molar-refractivity contribution < 1.29 is 18.1 Å². The topological polar surface area (TPSA) is 43.1 Å². The van der Waals surface area contributed by atoms with E-state index in [0.717, 1.165) is 18.2 Å². The van der Waals surface area contributed by atoms with E-state index in [9.17, 15) is 23.3 Å². The number of hydrogen-bond donors (Lipinski definition) is 0. The molecule has 0 N–H and O–H groups in total. The van der Waals surface area contributed by atoms with Gasteiger partial charge >= 0.3 is 6.18 Å². The summed E-state index contributed by atoms with van der Waals surface area (Å²) in [6.07, 6.45) is -3.47. The van der Waals surface area contributed by atoms with E-state index in [0.29, 0.717) is 6.07 Å². The molecule has 15 heavy (non-hydrogen) atoms. The molecule has 1 aromatic rings. The Labute approximate surface area is 83.0 Å². The minimum atomic E-state index is -4.59. The van der Waals surface area contributed by atoms with Crippen molar-refractivity contribution in [3.8, 4) is 0 Å². The number of rotatable bonds is 2. The van der Waals surface area contributed by atoms with Crippen molar-refractivity contribution >= 4 is 11.8 Å². The third-order valence-corrected chi connectivity index (χ3v) is 1.71. The summed E-state index contributed by atoms with van der Waals surface area (Å²) in [5.74, 6) is 0. The van der Waals surface area contributed by atoms with Crippen LogP contribution in [0.15, 0.2) is 24.8 Å². The monoisotopic (exact) mass is 217 g/mol. The van der Waals surface area contributed by atoms with Gasteiger partial charge in [0, 0.05) is 12.1 Å². The fraction of sp³-hybridized carbons (Fsp3) is 0.111. The highest BCUT2D eigenvalue weighted by atomic mass is 19.4. The third-order valence-electron chi connectivity index (χ3n) is 1.71. The van der Waals surface area contributed by atoms with E-state index in [1.165, 1.54) is 0 Å². The molecule has 0 bridgehead atoms. The molecule has 1 aromatic carbocycles. The van der Waals surface area contributed by atoms with E-state index in [-0.39, 0.29) is 5.56 Å². The number of non-ortho nitro benzene ring substituents is 1. The highest BCUT2D eigenvalue weighted by molar-refractivity contribution is 5.54. The van der Waals surface area contributed by atoms with E-state index in [1.807, 2.05) is 0 Å². The van der Waals surface area contributed by atoms with Crippen LogP contribution in [-0.4, -0.2) is 4.92 Å². The maximum Gasteiger partial charge on any atom is 0.416 e. The average Bonchev–Trinajstić information content (AvgIpc) is 2.15. The van der Waals surface area contributed by atoms with Crippen LogP contribution >= 0.6 is 0 Å². The Balaban J connectivity index is 3.36. The molecule has 3 nitrogen and oxygen atoms in total. The summed E-state index contributed by atoms with van der Waals surface area (Å²) >= 11 is 0. The van der Waals surface area contributed by atoms with Crippen molar-refractivity contribution in [3.63, 3.8) is 0 Å². The molecule has 80 valence electrons. The molecule has 0 fully saturated rings. The Morgan fingerprint density at radius 1 is 1.33 bits per heavy atom. The number of alkyl halides is 3. The van der Waals surface area contributed by atoms with Crippen LogP contribution in [0, 0.1) is 10.1 Å². The zero-order valence-corrected chi connectivity index (χ0v) is 7.41. The maximum atomic E-state index is 12.3. The lowest BCUT2D eigenvalue weighted by Crippen LogP contribution is -2.06. The molecule has 0 atom stereocenters. The van der Waals surface area contributed by atoms with Gasteiger partial charge in [-0.25, -0.2) is 0 Å². The Kier molecular flexibility index (Phi) is 2.78.